The van der Waals surface area contributed by atoms with E-state index < -0.39 is 39.5 Å². The summed E-state index contributed by atoms with van der Waals surface area (Å²) >= 11 is 0. The van der Waals surface area contributed by atoms with Crippen LogP contribution in [0.2, 0.25) is 0 Å². The van der Waals surface area contributed by atoms with E-state index in [9.17, 15) is 30.8 Å². The van der Waals surface area contributed by atoms with Gasteiger partial charge in [0.05, 0.1) is 17.9 Å². The van der Waals surface area contributed by atoms with Crippen molar-refractivity contribution in [1.82, 2.24) is 10.3 Å². The molecule has 1 fully saturated rings. The van der Waals surface area contributed by atoms with Crippen LogP contribution in [0.1, 0.15) is 56.4 Å². The van der Waals surface area contributed by atoms with E-state index in [0.717, 1.165) is 31.2 Å². The van der Waals surface area contributed by atoms with Gasteiger partial charge in [-0.05, 0) is 48.9 Å². The van der Waals surface area contributed by atoms with E-state index in [2.05, 4.69) is 28.9 Å². The second-order valence-electron chi connectivity index (χ2n) is 9.88. The summed E-state index contributed by atoms with van der Waals surface area (Å²) in [6.07, 6.45) is -2.11. The molecule has 1 unspecified atom stereocenters. The zero-order chi connectivity index (χ0) is 26.9. The molecule has 2 N–H and O–H groups in total. The average Bonchev–Trinajstić information content (AvgIpc) is 2.77. The zero-order valence-electron chi connectivity index (χ0n) is 20.5. The minimum absolute atomic E-state index is 0.0558. The number of carbonyl (C=O) groups is 1. The molecule has 1 saturated heterocycles. The van der Waals surface area contributed by atoms with E-state index in [0.29, 0.717) is 24.2 Å². The summed E-state index contributed by atoms with van der Waals surface area (Å²) in [7, 11) is -3.67. The first kappa shape index (κ1) is 27.7. The van der Waals surface area contributed by atoms with Crippen molar-refractivity contribution in [2.24, 2.45) is 5.41 Å². The van der Waals surface area contributed by atoms with Crippen LogP contribution >= 0.6 is 0 Å². The van der Waals surface area contributed by atoms with Gasteiger partial charge in [0.15, 0.2) is 0 Å². The number of amides is 1. The van der Waals surface area contributed by atoms with Crippen LogP contribution in [0.5, 0.6) is 0 Å². The maximum absolute atomic E-state index is 14.3. The van der Waals surface area contributed by atoms with Gasteiger partial charge >= 0.3 is 6.18 Å². The Kier molecular flexibility index (Phi) is 7.87. The molecule has 3 rings (SSSR count). The highest BCUT2D eigenvalue weighted by molar-refractivity contribution is 7.92. The zero-order valence-corrected chi connectivity index (χ0v) is 21.4. The molecule has 1 aromatic heterocycles. The van der Waals surface area contributed by atoms with Crippen LogP contribution in [-0.2, 0) is 27.5 Å². The van der Waals surface area contributed by atoms with Gasteiger partial charge in [-0.15, -0.1) is 0 Å². The third-order valence-corrected chi connectivity index (χ3v) is 6.89. The van der Waals surface area contributed by atoms with Gasteiger partial charge in [-0.1, -0.05) is 26.0 Å². The largest absolute Gasteiger partial charge is 0.433 e. The number of sulfonamides is 1. The standard InChI is InChI=1S/C24H30F4N4O3S/c1-15(16-5-7-19(18(25)13-16)31-36(4,34)35)22(33)29-14-17-6-8-20(24(26,27)28)30-21(17)32-11-9-23(2,3)10-12-32/h5-8,13,15,31H,9-12,14H2,1-4H3,(H,29,33). The Morgan fingerprint density at radius 3 is 2.36 bits per heavy atom. The maximum atomic E-state index is 14.3. The van der Waals surface area contributed by atoms with E-state index in [1.165, 1.54) is 18.2 Å². The minimum atomic E-state index is -4.59. The second kappa shape index (κ2) is 10.2. The number of pyridine rings is 1. The highest BCUT2D eigenvalue weighted by Gasteiger charge is 2.35. The number of nitrogens with one attached hydrogen (secondary N) is 2. The summed E-state index contributed by atoms with van der Waals surface area (Å²) < 4.78 is 79.1. The molecular weight excluding hydrogens is 500 g/mol. The van der Waals surface area contributed by atoms with Crippen LogP contribution in [0.3, 0.4) is 0 Å². The molecule has 2 heterocycles. The topological polar surface area (TPSA) is 91.4 Å². The maximum Gasteiger partial charge on any atom is 0.433 e. The first-order chi connectivity index (χ1) is 16.6. The number of hydrogen-bond acceptors (Lipinski definition) is 5. The normalized spacial score (nSPS) is 16.9. The van der Waals surface area contributed by atoms with Crippen molar-refractivity contribution in [3.05, 3.63) is 53.0 Å². The smallest absolute Gasteiger partial charge is 0.356 e. The molecule has 0 bridgehead atoms. The predicted octanol–water partition coefficient (Wildman–Crippen LogP) is 4.66. The molecule has 0 spiro atoms. The first-order valence-corrected chi connectivity index (χ1v) is 13.3. The molecule has 1 atom stereocenters. The fourth-order valence-electron chi connectivity index (χ4n) is 3.94. The number of aromatic nitrogens is 1. The molecule has 2 aromatic rings. The fourth-order valence-corrected chi connectivity index (χ4v) is 4.51. The summed E-state index contributed by atoms with van der Waals surface area (Å²) in [5.74, 6) is -1.91. The van der Waals surface area contributed by atoms with Crippen molar-refractivity contribution < 1.29 is 30.8 Å². The molecular formula is C24H30F4N4O3S. The van der Waals surface area contributed by atoms with Crippen molar-refractivity contribution >= 4 is 27.4 Å². The average molecular weight is 531 g/mol. The molecule has 0 radical (unpaired) electrons. The Balaban J connectivity index is 1.76. The van der Waals surface area contributed by atoms with Crippen LogP contribution in [0.15, 0.2) is 30.3 Å². The molecule has 198 valence electrons. The highest BCUT2D eigenvalue weighted by atomic mass is 32.2. The molecule has 1 amide bonds. The van der Waals surface area contributed by atoms with Gasteiger partial charge in [0, 0.05) is 25.2 Å². The number of piperidine rings is 1. The number of benzene rings is 1. The summed E-state index contributed by atoms with van der Waals surface area (Å²) in [5.41, 5.74) is -0.387. The minimum Gasteiger partial charge on any atom is -0.356 e. The van der Waals surface area contributed by atoms with Gasteiger partial charge < -0.3 is 10.2 Å². The lowest BCUT2D eigenvalue weighted by molar-refractivity contribution is -0.141. The first-order valence-electron chi connectivity index (χ1n) is 11.4. The van der Waals surface area contributed by atoms with Crippen LogP contribution in [0.4, 0.5) is 29.1 Å². The number of carbonyl (C=O) groups excluding carboxylic acids is 1. The number of halogens is 4. The number of hydrogen-bond donors (Lipinski definition) is 2. The Hall–Kier alpha value is -2.89. The molecule has 7 nitrogen and oxygen atoms in total. The lowest BCUT2D eigenvalue weighted by Gasteiger charge is -2.38. The summed E-state index contributed by atoms with van der Waals surface area (Å²) in [6.45, 7) is 6.81. The van der Waals surface area contributed by atoms with Crippen molar-refractivity contribution in [1.29, 1.82) is 0 Å². The molecule has 1 aliphatic heterocycles. The lowest BCUT2D eigenvalue weighted by Crippen LogP contribution is -2.39. The summed E-state index contributed by atoms with van der Waals surface area (Å²) in [6, 6.07) is 5.94. The molecule has 36 heavy (non-hydrogen) atoms. The van der Waals surface area contributed by atoms with Crippen LogP contribution in [0.25, 0.3) is 0 Å². The fraction of sp³-hybridized carbons (Fsp3) is 0.500. The van der Waals surface area contributed by atoms with E-state index in [-0.39, 0.29) is 23.5 Å². The van der Waals surface area contributed by atoms with E-state index in [4.69, 9.17) is 0 Å². The lowest BCUT2D eigenvalue weighted by atomic mass is 9.82. The Labute approximate surface area is 208 Å². The van der Waals surface area contributed by atoms with Gasteiger partial charge in [-0.3, -0.25) is 9.52 Å². The summed E-state index contributed by atoms with van der Waals surface area (Å²) in [4.78, 5) is 18.5. The predicted molar refractivity (Wildman–Crippen MR) is 130 cm³/mol. The molecule has 0 saturated carbocycles. The third-order valence-electron chi connectivity index (χ3n) is 6.30. The quantitative estimate of drug-likeness (QED) is 0.509. The summed E-state index contributed by atoms with van der Waals surface area (Å²) in [5, 5.41) is 2.70. The van der Waals surface area contributed by atoms with Gasteiger partial charge in [-0.25, -0.2) is 17.8 Å². The number of rotatable bonds is 7. The third kappa shape index (κ3) is 7.08. The second-order valence-corrected chi connectivity index (χ2v) is 11.6. The van der Waals surface area contributed by atoms with Crippen LogP contribution < -0.4 is 14.9 Å². The number of alkyl halides is 3. The Bertz CT molecular complexity index is 1220. The van der Waals surface area contributed by atoms with Gasteiger partial charge in [-0.2, -0.15) is 13.2 Å². The molecule has 1 aromatic carbocycles. The van der Waals surface area contributed by atoms with Crippen molar-refractivity contribution in [3.8, 4) is 0 Å². The van der Waals surface area contributed by atoms with Gasteiger partial charge in [0.2, 0.25) is 15.9 Å². The van der Waals surface area contributed by atoms with E-state index in [1.54, 1.807) is 6.92 Å². The highest BCUT2D eigenvalue weighted by Crippen LogP contribution is 2.35. The SMILES string of the molecule is CC(C(=O)NCc1ccc(C(F)(F)F)nc1N1CCC(C)(C)CC1)c1ccc(NS(C)(=O)=O)c(F)c1. The van der Waals surface area contributed by atoms with Crippen LogP contribution in [0, 0.1) is 11.2 Å². The van der Waals surface area contributed by atoms with Gasteiger partial charge in [0.1, 0.15) is 17.3 Å². The monoisotopic (exact) mass is 530 g/mol. The Morgan fingerprint density at radius 2 is 1.81 bits per heavy atom. The molecule has 1 aliphatic rings. The Morgan fingerprint density at radius 1 is 1.17 bits per heavy atom. The van der Waals surface area contributed by atoms with Crippen molar-refractivity contribution in [2.75, 3.05) is 29.0 Å². The molecule has 0 aliphatic carbocycles. The van der Waals surface area contributed by atoms with Crippen LogP contribution in [-0.4, -0.2) is 38.7 Å². The molecule has 12 heteroatoms. The van der Waals surface area contributed by atoms with Gasteiger partial charge in [0.25, 0.3) is 0 Å². The van der Waals surface area contributed by atoms with Crippen molar-refractivity contribution in [3.63, 3.8) is 0 Å². The van der Waals surface area contributed by atoms with Crippen molar-refractivity contribution in [2.45, 2.75) is 52.3 Å². The number of nitrogens with zero attached hydrogens (tertiary/aromatic N) is 2. The van der Waals surface area contributed by atoms with E-state index >= 15 is 0 Å². The number of anilines is 2. The van der Waals surface area contributed by atoms with E-state index in [1.807, 2.05) is 4.90 Å².